The van der Waals surface area contributed by atoms with Gasteiger partial charge in [0.25, 0.3) is 0 Å². The molecule has 0 bridgehead atoms. The maximum absolute atomic E-state index is 11.8. The molecule has 0 saturated carbocycles. The predicted molar refractivity (Wildman–Crippen MR) is 63.1 cm³/mol. The Morgan fingerprint density at radius 2 is 1.88 bits per heavy atom. The van der Waals surface area contributed by atoms with E-state index >= 15 is 0 Å². The number of nitrogens with zero attached hydrogens (tertiary/aromatic N) is 1. The Balaban J connectivity index is 2.35. The predicted octanol–water partition coefficient (Wildman–Crippen LogP) is 3.16. The highest BCUT2D eigenvalue weighted by atomic mass is 16.5. The topological polar surface area (TPSA) is 39.2 Å². The molecule has 2 rings (SSSR count). The smallest absolute Gasteiger partial charge is 0.223 e. The number of hydrogen-bond donors (Lipinski definition) is 0. The van der Waals surface area contributed by atoms with Gasteiger partial charge in [0, 0.05) is 11.6 Å². The molecule has 0 saturated heterocycles. The lowest BCUT2D eigenvalue weighted by atomic mass is 10.2. The Morgan fingerprint density at radius 1 is 1.12 bits per heavy atom. The Labute approximate surface area is 94.2 Å². The van der Waals surface area contributed by atoms with Gasteiger partial charge < -0.3 is 9.62 Å². The van der Waals surface area contributed by atoms with E-state index in [1.54, 1.807) is 12.1 Å². The SMILES string of the molecule is Cc1ccc(C=[N+]([O-])c2ccccc2C)o1. The van der Waals surface area contributed by atoms with Crippen LogP contribution in [0.5, 0.6) is 0 Å². The second kappa shape index (κ2) is 4.23. The van der Waals surface area contributed by atoms with Crippen LogP contribution in [-0.4, -0.2) is 11.0 Å². The zero-order valence-corrected chi connectivity index (χ0v) is 9.31. The Kier molecular flexibility index (Phi) is 2.77. The van der Waals surface area contributed by atoms with Gasteiger partial charge in [0.1, 0.15) is 5.76 Å². The molecular formula is C13H13NO2. The van der Waals surface area contributed by atoms with Crippen molar-refractivity contribution in [1.82, 2.24) is 0 Å². The van der Waals surface area contributed by atoms with E-state index in [0.29, 0.717) is 11.4 Å². The molecule has 0 unspecified atom stereocenters. The van der Waals surface area contributed by atoms with Gasteiger partial charge in [-0.2, -0.15) is 4.74 Å². The lowest BCUT2D eigenvalue weighted by Gasteiger charge is -2.04. The molecule has 0 aliphatic heterocycles. The average molecular weight is 215 g/mol. The monoisotopic (exact) mass is 215 g/mol. The van der Waals surface area contributed by atoms with Crippen LogP contribution in [0.15, 0.2) is 40.8 Å². The summed E-state index contributed by atoms with van der Waals surface area (Å²) in [7, 11) is 0. The van der Waals surface area contributed by atoms with Crippen molar-refractivity contribution in [3.05, 3.63) is 58.7 Å². The minimum Gasteiger partial charge on any atom is -0.618 e. The summed E-state index contributed by atoms with van der Waals surface area (Å²) in [6.45, 7) is 3.75. The summed E-state index contributed by atoms with van der Waals surface area (Å²) in [5, 5.41) is 11.8. The Hall–Kier alpha value is -2.03. The van der Waals surface area contributed by atoms with Gasteiger partial charge in [-0.15, -0.1) is 0 Å². The molecule has 16 heavy (non-hydrogen) atoms. The third kappa shape index (κ3) is 2.14. The Bertz CT molecular complexity index is 526. The summed E-state index contributed by atoms with van der Waals surface area (Å²) < 4.78 is 6.15. The van der Waals surface area contributed by atoms with Crippen molar-refractivity contribution >= 4 is 11.9 Å². The van der Waals surface area contributed by atoms with Crippen LogP contribution in [0.2, 0.25) is 0 Å². The quantitative estimate of drug-likeness (QED) is 0.334. The molecule has 0 fully saturated rings. The normalized spacial score (nSPS) is 11.8. The molecule has 2 aromatic rings. The van der Waals surface area contributed by atoms with Crippen LogP contribution in [0.25, 0.3) is 0 Å². The number of aryl methyl sites for hydroxylation is 2. The van der Waals surface area contributed by atoms with Gasteiger partial charge >= 0.3 is 0 Å². The zero-order chi connectivity index (χ0) is 11.5. The summed E-state index contributed by atoms with van der Waals surface area (Å²) >= 11 is 0. The van der Waals surface area contributed by atoms with Crippen molar-refractivity contribution in [2.24, 2.45) is 0 Å². The van der Waals surface area contributed by atoms with Crippen molar-refractivity contribution < 1.29 is 9.16 Å². The maximum Gasteiger partial charge on any atom is 0.223 e. The van der Waals surface area contributed by atoms with Gasteiger partial charge in [-0.3, -0.25) is 0 Å². The first-order valence-electron chi connectivity index (χ1n) is 5.10. The number of para-hydroxylation sites is 1. The number of furan rings is 1. The number of benzene rings is 1. The van der Waals surface area contributed by atoms with E-state index in [2.05, 4.69) is 0 Å². The molecule has 0 radical (unpaired) electrons. The van der Waals surface area contributed by atoms with Crippen LogP contribution in [0, 0.1) is 19.1 Å². The minimum atomic E-state index is 0.566. The van der Waals surface area contributed by atoms with E-state index in [9.17, 15) is 5.21 Å². The van der Waals surface area contributed by atoms with Gasteiger partial charge in [-0.25, -0.2) is 0 Å². The van der Waals surface area contributed by atoms with Crippen LogP contribution in [0.4, 0.5) is 5.69 Å². The highest BCUT2D eigenvalue weighted by Gasteiger charge is 2.06. The highest BCUT2D eigenvalue weighted by Crippen LogP contribution is 2.16. The largest absolute Gasteiger partial charge is 0.618 e. The minimum absolute atomic E-state index is 0.566. The molecule has 0 aliphatic carbocycles. The molecule has 1 aromatic carbocycles. The molecule has 0 N–H and O–H groups in total. The third-order valence-corrected chi connectivity index (χ3v) is 2.36. The van der Waals surface area contributed by atoms with Gasteiger partial charge in [-0.1, -0.05) is 18.2 Å². The van der Waals surface area contributed by atoms with Crippen LogP contribution >= 0.6 is 0 Å². The van der Waals surface area contributed by atoms with Crippen molar-refractivity contribution in [2.75, 3.05) is 0 Å². The second-order valence-electron chi connectivity index (χ2n) is 3.69. The van der Waals surface area contributed by atoms with E-state index in [-0.39, 0.29) is 0 Å². The van der Waals surface area contributed by atoms with E-state index in [0.717, 1.165) is 16.1 Å². The molecule has 3 nitrogen and oxygen atoms in total. The fraction of sp³-hybridized carbons (Fsp3) is 0.154. The maximum atomic E-state index is 11.8. The fourth-order valence-electron chi connectivity index (χ4n) is 1.52. The lowest BCUT2D eigenvalue weighted by Crippen LogP contribution is -1.99. The van der Waals surface area contributed by atoms with Gasteiger partial charge in [0.15, 0.2) is 5.76 Å². The third-order valence-electron chi connectivity index (χ3n) is 2.36. The average Bonchev–Trinajstić information content (AvgIpc) is 2.64. The second-order valence-corrected chi connectivity index (χ2v) is 3.69. The Morgan fingerprint density at radius 3 is 2.50 bits per heavy atom. The van der Waals surface area contributed by atoms with Gasteiger partial charge in [0.2, 0.25) is 11.9 Å². The van der Waals surface area contributed by atoms with E-state index in [4.69, 9.17) is 4.42 Å². The first kappa shape index (κ1) is 10.5. The van der Waals surface area contributed by atoms with Crippen LogP contribution in [0.3, 0.4) is 0 Å². The molecule has 1 aromatic heterocycles. The van der Waals surface area contributed by atoms with Gasteiger partial charge in [0.05, 0.1) is 0 Å². The molecular weight excluding hydrogens is 202 g/mol. The number of rotatable bonds is 2. The lowest BCUT2D eigenvalue weighted by molar-refractivity contribution is -0.355. The fourth-order valence-corrected chi connectivity index (χ4v) is 1.52. The summed E-state index contributed by atoms with van der Waals surface area (Å²) in [4.78, 5) is 0. The van der Waals surface area contributed by atoms with Crippen molar-refractivity contribution in [2.45, 2.75) is 13.8 Å². The van der Waals surface area contributed by atoms with Crippen molar-refractivity contribution in [3.8, 4) is 0 Å². The molecule has 1 heterocycles. The molecule has 0 amide bonds. The van der Waals surface area contributed by atoms with Crippen LogP contribution in [0.1, 0.15) is 17.1 Å². The zero-order valence-electron chi connectivity index (χ0n) is 9.31. The molecule has 0 atom stereocenters. The molecule has 0 spiro atoms. The molecule has 0 aliphatic rings. The molecule has 3 heteroatoms. The van der Waals surface area contributed by atoms with Crippen molar-refractivity contribution in [3.63, 3.8) is 0 Å². The summed E-state index contributed by atoms with van der Waals surface area (Å²) in [5.74, 6) is 1.36. The highest BCUT2D eigenvalue weighted by molar-refractivity contribution is 5.72. The first-order chi connectivity index (χ1) is 7.66. The standard InChI is InChI=1S/C13H13NO2/c1-10-5-3-4-6-13(10)14(15)9-12-8-7-11(2)16-12/h3-9H,1-2H3. The van der Waals surface area contributed by atoms with E-state index < -0.39 is 0 Å². The summed E-state index contributed by atoms with van der Waals surface area (Å²) in [6.07, 6.45) is 1.44. The van der Waals surface area contributed by atoms with E-state index in [1.165, 1.54) is 6.21 Å². The number of hydrogen-bond acceptors (Lipinski definition) is 2. The first-order valence-corrected chi connectivity index (χ1v) is 5.10. The van der Waals surface area contributed by atoms with Crippen molar-refractivity contribution in [1.29, 1.82) is 0 Å². The van der Waals surface area contributed by atoms with Crippen LogP contribution < -0.4 is 0 Å². The summed E-state index contributed by atoms with van der Waals surface area (Å²) in [6, 6.07) is 11.0. The van der Waals surface area contributed by atoms with Crippen LogP contribution in [-0.2, 0) is 0 Å². The summed E-state index contributed by atoms with van der Waals surface area (Å²) in [5.41, 5.74) is 1.58. The molecule has 82 valence electrons. The van der Waals surface area contributed by atoms with Gasteiger partial charge in [-0.05, 0) is 26.0 Å². The van der Waals surface area contributed by atoms with E-state index in [1.807, 2.05) is 38.1 Å².